The highest BCUT2D eigenvalue weighted by Crippen LogP contribution is 2.36. The van der Waals surface area contributed by atoms with E-state index in [2.05, 4.69) is 4.84 Å². The molecule has 11 heteroatoms. The summed E-state index contributed by atoms with van der Waals surface area (Å²) >= 11 is 0. The van der Waals surface area contributed by atoms with Crippen LogP contribution in [0.15, 0.2) is 0 Å². The maximum Gasteiger partial charge on any atom is 0.325 e. The number of nitrogens with two attached hydrogens (primary N) is 1. The van der Waals surface area contributed by atoms with Gasteiger partial charge in [0.2, 0.25) is 0 Å². The van der Waals surface area contributed by atoms with Crippen molar-refractivity contribution < 1.29 is 44.0 Å². The largest absolute Gasteiger partial charge is 0.390 e. The summed E-state index contributed by atoms with van der Waals surface area (Å²) in [6, 6.07) is 0. The molecule has 0 aromatic rings. The SMILES string of the molecule is COC(OCCCCCCCON)C(O)C(O)C(O)C(C)CCP(=O)(O)O. The molecular formula is C16H36NO9P. The zero-order valence-corrected chi connectivity index (χ0v) is 17.0. The number of rotatable bonds is 17. The summed E-state index contributed by atoms with van der Waals surface area (Å²) in [4.78, 5) is 22.3. The lowest BCUT2D eigenvalue weighted by molar-refractivity contribution is -0.218. The second kappa shape index (κ2) is 14.8. The number of unbranched alkanes of at least 4 members (excludes halogenated alkanes) is 4. The molecule has 10 nitrogen and oxygen atoms in total. The Morgan fingerprint density at radius 1 is 0.926 bits per heavy atom. The molecule has 0 spiro atoms. The van der Waals surface area contributed by atoms with E-state index in [9.17, 15) is 19.9 Å². The molecule has 0 fully saturated rings. The van der Waals surface area contributed by atoms with Crippen LogP contribution in [0.5, 0.6) is 0 Å². The topological polar surface area (TPSA) is 172 Å². The second-order valence-corrected chi connectivity index (χ2v) is 8.52. The standard InChI is InChI=1S/C16H36NO9P/c1-12(8-11-27(21,22)23)13(18)14(19)15(20)16(24-2)25-9-6-4-3-5-7-10-26-17/h12-16,18-20H,3-11,17H2,1-2H3,(H2,21,22,23). The van der Waals surface area contributed by atoms with Gasteiger partial charge in [0.15, 0.2) is 6.29 Å². The van der Waals surface area contributed by atoms with Gasteiger partial charge in [0.25, 0.3) is 0 Å². The van der Waals surface area contributed by atoms with Gasteiger partial charge in [-0.15, -0.1) is 0 Å². The first-order chi connectivity index (χ1) is 12.6. The maximum absolute atomic E-state index is 10.9. The van der Waals surface area contributed by atoms with Gasteiger partial charge in [0, 0.05) is 13.7 Å². The molecule has 7 N–H and O–H groups in total. The fraction of sp³-hybridized carbons (Fsp3) is 1.00. The Morgan fingerprint density at radius 3 is 2.00 bits per heavy atom. The molecule has 0 aromatic heterocycles. The zero-order valence-electron chi connectivity index (χ0n) is 16.1. The van der Waals surface area contributed by atoms with Crippen LogP contribution in [0.1, 0.15) is 45.4 Å². The van der Waals surface area contributed by atoms with Gasteiger partial charge in [0.05, 0.1) is 18.9 Å². The third-order valence-electron chi connectivity index (χ3n) is 4.36. The zero-order chi connectivity index (χ0) is 20.9. The van der Waals surface area contributed by atoms with Crippen LogP contribution >= 0.6 is 7.60 Å². The minimum atomic E-state index is -4.19. The molecule has 0 heterocycles. The van der Waals surface area contributed by atoms with Crippen LogP contribution in [-0.2, 0) is 18.9 Å². The molecule has 0 aromatic carbocycles. The molecule has 0 bridgehead atoms. The van der Waals surface area contributed by atoms with E-state index >= 15 is 0 Å². The fourth-order valence-corrected chi connectivity index (χ4v) is 3.31. The van der Waals surface area contributed by atoms with Crippen molar-refractivity contribution in [1.82, 2.24) is 0 Å². The maximum atomic E-state index is 10.9. The summed E-state index contributed by atoms with van der Waals surface area (Å²) in [6.45, 7) is 2.38. The van der Waals surface area contributed by atoms with Crippen molar-refractivity contribution in [2.45, 2.75) is 70.1 Å². The van der Waals surface area contributed by atoms with Crippen molar-refractivity contribution >= 4 is 7.60 Å². The third kappa shape index (κ3) is 12.8. The van der Waals surface area contributed by atoms with E-state index in [0.717, 1.165) is 32.1 Å². The van der Waals surface area contributed by atoms with Crippen molar-refractivity contribution in [2.24, 2.45) is 11.8 Å². The van der Waals surface area contributed by atoms with Gasteiger partial charge in [-0.3, -0.25) is 4.57 Å². The molecular weight excluding hydrogens is 381 g/mol. The number of aliphatic hydroxyl groups excluding tert-OH is 3. The molecule has 0 radical (unpaired) electrons. The average Bonchev–Trinajstić information content (AvgIpc) is 2.62. The van der Waals surface area contributed by atoms with Crippen LogP contribution in [0.25, 0.3) is 0 Å². The predicted octanol–water partition coefficient (Wildman–Crippen LogP) is 0.103. The van der Waals surface area contributed by atoms with E-state index in [4.69, 9.17) is 25.2 Å². The van der Waals surface area contributed by atoms with Gasteiger partial charge < -0.3 is 39.4 Å². The number of aliphatic hydroxyl groups is 3. The quantitative estimate of drug-likeness (QED) is 0.0825. The van der Waals surface area contributed by atoms with E-state index in [1.807, 2.05) is 0 Å². The lowest BCUT2D eigenvalue weighted by Crippen LogP contribution is -2.48. The summed E-state index contributed by atoms with van der Waals surface area (Å²) in [6.07, 6.45) is -1.43. The minimum Gasteiger partial charge on any atom is -0.390 e. The van der Waals surface area contributed by atoms with Crippen molar-refractivity contribution in [3.63, 3.8) is 0 Å². The van der Waals surface area contributed by atoms with Crippen LogP contribution in [0.4, 0.5) is 0 Å². The highest BCUT2D eigenvalue weighted by Gasteiger charge is 2.35. The molecule has 27 heavy (non-hydrogen) atoms. The fourth-order valence-electron chi connectivity index (χ4n) is 2.57. The van der Waals surface area contributed by atoms with Gasteiger partial charge in [-0.2, -0.15) is 0 Å². The van der Waals surface area contributed by atoms with E-state index in [1.165, 1.54) is 14.0 Å². The van der Waals surface area contributed by atoms with E-state index in [-0.39, 0.29) is 6.42 Å². The number of hydrogen-bond acceptors (Lipinski definition) is 8. The monoisotopic (exact) mass is 417 g/mol. The van der Waals surface area contributed by atoms with Crippen molar-refractivity contribution in [3.05, 3.63) is 0 Å². The van der Waals surface area contributed by atoms with Gasteiger partial charge >= 0.3 is 7.60 Å². The average molecular weight is 417 g/mol. The molecule has 0 aliphatic carbocycles. The first-order valence-electron chi connectivity index (χ1n) is 9.19. The Hall–Kier alpha value is -0.130. The highest BCUT2D eigenvalue weighted by molar-refractivity contribution is 7.51. The molecule has 164 valence electrons. The molecule has 5 atom stereocenters. The van der Waals surface area contributed by atoms with Crippen molar-refractivity contribution in [2.75, 3.05) is 26.5 Å². The summed E-state index contributed by atoms with van der Waals surface area (Å²) < 4.78 is 21.4. The van der Waals surface area contributed by atoms with Gasteiger partial charge in [-0.1, -0.05) is 26.2 Å². The molecule has 0 amide bonds. The van der Waals surface area contributed by atoms with Crippen LogP contribution < -0.4 is 5.90 Å². The number of hydrogen-bond donors (Lipinski definition) is 6. The molecule has 0 saturated carbocycles. The van der Waals surface area contributed by atoms with Crippen LogP contribution in [0.3, 0.4) is 0 Å². The first-order valence-corrected chi connectivity index (χ1v) is 11.0. The number of ether oxygens (including phenoxy) is 2. The van der Waals surface area contributed by atoms with Gasteiger partial charge in [0.1, 0.15) is 12.2 Å². The summed E-state index contributed by atoms with van der Waals surface area (Å²) in [7, 11) is -2.87. The second-order valence-electron chi connectivity index (χ2n) is 6.74. The molecule has 0 saturated heterocycles. The van der Waals surface area contributed by atoms with Crippen molar-refractivity contribution in [3.8, 4) is 0 Å². The summed E-state index contributed by atoms with van der Waals surface area (Å²) in [5, 5.41) is 30.4. The smallest absolute Gasteiger partial charge is 0.325 e. The Morgan fingerprint density at radius 2 is 1.48 bits per heavy atom. The van der Waals surface area contributed by atoms with Crippen LogP contribution in [-0.4, -0.2) is 76.2 Å². The Bertz CT molecular complexity index is 409. The minimum absolute atomic E-state index is 0.00290. The van der Waals surface area contributed by atoms with Crippen LogP contribution in [0, 0.1) is 5.92 Å². The molecule has 0 rings (SSSR count). The molecule has 0 aliphatic heterocycles. The van der Waals surface area contributed by atoms with Crippen LogP contribution in [0.2, 0.25) is 0 Å². The van der Waals surface area contributed by atoms with E-state index in [0.29, 0.717) is 13.2 Å². The Balaban J connectivity index is 4.23. The summed E-state index contributed by atoms with van der Waals surface area (Å²) in [5.41, 5.74) is 0. The molecule has 5 unspecified atom stereocenters. The summed E-state index contributed by atoms with van der Waals surface area (Å²) in [5.74, 6) is 4.31. The number of methoxy groups -OCH3 is 1. The normalized spacial score (nSPS) is 18.1. The predicted molar refractivity (Wildman–Crippen MR) is 98.7 cm³/mol. The lowest BCUT2D eigenvalue weighted by atomic mass is 9.94. The van der Waals surface area contributed by atoms with Crippen molar-refractivity contribution in [1.29, 1.82) is 0 Å². The third-order valence-corrected chi connectivity index (χ3v) is 5.20. The highest BCUT2D eigenvalue weighted by atomic mass is 31.2. The Kier molecular flexibility index (Phi) is 14.7. The van der Waals surface area contributed by atoms with Gasteiger partial charge in [-0.25, -0.2) is 5.90 Å². The first kappa shape index (κ1) is 26.9. The Labute approximate surface area is 160 Å². The van der Waals surface area contributed by atoms with Gasteiger partial charge in [-0.05, 0) is 25.2 Å². The van der Waals surface area contributed by atoms with E-state index < -0.39 is 44.3 Å². The molecule has 0 aliphatic rings. The van der Waals surface area contributed by atoms with E-state index in [1.54, 1.807) is 0 Å². The lowest BCUT2D eigenvalue weighted by Gasteiger charge is -2.31.